The minimum atomic E-state index is -0.329. The maximum atomic E-state index is 12.9. The van der Waals surface area contributed by atoms with Crippen LogP contribution in [-0.4, -0.2) is 60.1 Å². The summed E-state index contributed by atoms with van der Waals surface area (Å²) in [4.78, 5) is 17.0. The molecule has 0 bridgehead atoms. The van der Waals surface area contributed by atoms with E-state index >= 15 is 0 Å². The summed E-state index contributed by atoms with van der Waals surface area (Å²) in [5.74, 6) is 0.244. The number of rotatable bonds is 4. The van der Waals surface area contributed by atoms with Gasteiger partial charge < -0.3 is 10.0 Å². The maximum absolute atomic E-state index is 12.9. The van der Waals surface area contributed by atoms with Crippen LogP contribution in [0, 0.1) is 0 Å². The number of carbonyl (C=O) groups excluding carboxylic acids is 1. The fourth-order valence-electron chi connectivity index (χ4n) is 3.16. The van der Waals surface area contributed by atoms with Gasteiger partial charge in [0.2, 0.25) is 5.91 Å². The number of β-amino-alcohol motifs (C(OH)–C–C–N with tert-alkyl or cyclic N) is 1. The zero-order valence-corrected chi connectivity index (χ0v) is 12.9. The Kier molecular flexibility index (Phi) is 4.20. The first-order valence-electron chi connectivity index (χ1n) is 7.54. The molecule has 1 aliphatic carbocycles. The van der Waals surface area contributed by atoms with Crippen LogP contribution < -0.4 is 0 Å². The zero-order valence-electron chi connectivity index (χ0n) is 12.1. The third-order valence-corrected chi connectivity index (χ3v) is 4.85. The van der Waals surface area contributed by atoms with Crippen molar-refractivity contribution in [3.8, 4) is 0 Å². The van der Waals surface area contributed by atoms with E-state index in [1.54, 1.807) is 0 Å². The molecule has 1 N–H and O–H groups in total. The summed E-state index contributed by atoms with van der Waals surface area (Å²) < 4.78 is 0. The van der Waals surface area contributed by atoms with Crippen molar-refractivity contribution < 1.29 is 9.90 Å². The van der Waals surface area contributed by atoms with E-state index in [2.05, 4.69) is 4.90 Å². The minimum Gasteiger partial charge on any atom is -0.395 e. The average molecular weight is 309 g/mol. The van der Waals surface area contributed by atoms with Crippen molar-refractivity contribution in [3.05, 3.63) is 34.9 Å². The predicted molar refractivity (Wildman–Crippen MR) is 82.5 cm³/mol. The summed E-state index contributed by atoms with van der Waals surface area (Å²) in [6.45, 7) is 4.07. The molecule has 2 fully saturated rings. The van der Waals surface area contributed by atoms with Crippen LogP contribution in [0.4, 0.5) is 0 Å². The Hall–Kier alpha value is -1.10. The number of hydrogen-bond acceptors (Lipinski definition) is 3. The van der Waals surface area contributed by atoms with Crippen molar-refractivity contribution in [2.24, 2.45) is 0 Å². The smallest absolute Gasteiger partial charge is 0.233 e. The molecule has 4 nitrogen and oxygen atoms in total. The van der Waals surface area contributed by atoms with E-state index in [0.29, 0.717) is 11.6 Å². The first kappa shape index (κ1) is 14.8. The van der Waals surface area contributed by atoms with Crippen LogP contribution in [0.5, 0.6) is 0 Å². The Morgan fingerprint density at radius 2 is 1.95 bits per heavy atom. The van der Waals surface area contributed by atoms with E-state index < -0.39 is 0 Å². The first-order valence-corrected chi connectivity index (χ1v) is 7.92. The third-order valence-electron chi connectivity index (χ3n) is 4.61. The summed E-state index contributed by atoms with van der Waals surface area (Å²) in [6.07, 6.45) is 1.84. The lowest BCUT2D eigenvalue weighted by atomic mass is 9.94. The van der Waals surface area contributed by atoms with Crippen LogP contribution >= 0.6 is 11.6 Å². The Morgan fingerprint density at radius 1 is 1.24 bits per heavy atom. The Balaban J connectivity index is 1.68. The van der Waals surface area contributed by atoms with Gasteiger partial charge >= 0.3 is 0 Å². The lowest BCUT2D eigenvalue weighted by Gasteiger charge is -2.36. The van der Waals surface area contributed by atoms with Gasteiger partial charge in [-0.05, 0) is 30.5 Å². The molecule has 1 aromatic carbocycles. The number of amides is 1. The molecule has 0 spiro atoms. The Bertz CT molecular complexity index is 523. The maximum Gasteiger partial charge on any atom is 0.233 e. The van der Waals surface area contributed by atoms with Crippen molar-refractivity contribution >= 4 is 17.5 Å². The molecule has 1 saturated carbocycles. The molecular weight excluding hydrogens is 288 g/mol. The second-order valence-corrected chi connectivity index (χ2v) is 6.39. The molecule has 0 unspecified atom stereocenters. The van der Waals surface area contributed by atoms with Gasteiger partial charge in [-0.3, -0.25) is 9.69 Å². The molecule has 1 heterocycles. The fourth-order valence-corrected chi connectivity index (χ4v) is 3.35. The highest BCUT2D eigenvalue weighted by Gasteiger charge is 2.53. The van der Waals surface area contributed by atoms with Gasteiger partial charge in [0.25, 0.3) is 0 Å². The SMILES string of the molecule is O=C(N1CCN(CCO)CC1)C1(c2cccc(Cl)c2)CC1. The summed E-state index contributed by atoms with van der Waals surface area (Å²) in [5.41, 5.74) is 0.724. The van der Waals surface area contributed by atoms with Gasteiger partial charge in [0.1, 0.15) is 0 Å². The summed E-state index contributed by atoms with van der Waals surface area (Å²) >= 11 is 6.07. The van der Waals surface area contributed by atoms with Crippen LogP contribution in [0.2, 0.25) is 5.02 Å². The van der Waals surface area contributed by atoms with Crippen molar-refractivity contribution in [3.63, 3.8) is 0 Å². The van der Waals surface area contributed by atoms with Crippen LogP contribution in [-0.2, 0) is 10.2 Å². The molecule has 2 aliphatic rings. The van der Waals surface area contributed by atoms with Gasteiger partial charge in [0.15, 0.2) is 0 Å². The van der Waals surface area contributed by atoms with Gasteiger partial charge in [-0.1, -0.05) is 23.7 Å². The molecule has 0 atom stereocenters. The van der Waals surface area contributed by atoms with Crippen LogP contribution in [0.1, 0.15) is 18.4 Å². The van der Waals surface area contributed by atoms with Crippen molar-refractivity contribution in [1.29, 1.82) is 0 Å². The molecule has 1 amide bonds. The molecular formula is C16H21ClN2O2. The van der Waals surface area contributed by atoms with Crippen molar-refractivity contribution in [2.75, 3.05) is 39.3 Å². The first-order chi connectivity index (χ1) is 10.2. The standard InChI is InChI=1S/C16H21ClN2O2/c17-14-3-1-2-13(12-14)16(4-5-16)15(21)19-8-6-18(7-9-19)10-11-20/h1-3,12,20H,4-11H2. The number of nitrogens with zero attached hydrogens (tertiary/aromatic N) is 2. The number of hydrogen-bond donors (Lipinski definition) is 1. The van der Waals surface area contributed by atoms with E-state index in [-0.39, 0.29) is 17.9 Å². The van der Waals surface area contributed by atoms with Gasteiger partial charge in [0, 0.05) is 37.7 Å². The monoisotopic (exact) mass is 308 g/mol. The largest absolute Gasteiger partial charge is 0.395 e. The quantitative estimate of drug-likeness (QED) is 0.917. The zero-order chi connectivity index (χ0) is 14.9. The van der Waals surface area contributed by atoms with Crippen LogP contribution in [0.15, 0.2) is 24.3 Å². The molecule has 0 aromatic heterocycles. The van der Waals surface area contributed by atoms with Crippen molar-refractivity contribution in [1.82, 2.24) is 9.80 Å². The number of aliphatic hydroxyl groups excluding tert-OH is 1. The van der Waals surface area contributed by atoms with E-state index in [1.807, 2.05) is 29.2 Å². The summed E-state index contributed by atoms with van der Waals surface area (Å²) in [7, 11) is 0. The second kappa shape index (κ2) is 5.95. The van der Waals surface area contributed by atoms with E-state index in [0.717, 1.165) is 44.6 Å². The molecule has 1 aromatic rings. The molecule has 114 valence electrons. The number of aliphatic hydroxyl groups is 1. The summed E-state index contributed by atoms with van der Waals surface area (Å²) in [5, 5.41) is 9.67. The highest BCUT2D eigenvalue weighted by atomic mass is 35.5. The second-order valence-electron chi connectivity index (χ2n) is 5.95. The molecule has 5 heteroatoms. The molecule has 1 aliphatic heterocycles. The highest BCUT2D eigenvalue weighted by Crippen LogP contribution is 2.50. The predicted octanol–water partition coefficient (Wildman–Crippen LogP) is 1.51. The van der Waals surface area contributed by atoms with Gasteiger partial charge in [-0.25, -0.2) is 0 Å². The molecule has 1 saturated heterocycles. The minimum absolute atomic E-state index is 0.181. The number of piperazine rings is 1. The average Bonchev–Trinajstić information content (AvgIpc) is 3.29. The lowest BCUT2D eigenvalue weighted by molar-refractivity contribution is -0.135. The van der Waals surface area contributed by atoms with Crippen LogP contribution in [0.3, 0.4) is 0 Å². The summed E-state index contributed by atoms with van der Waals surface area (Å²) in [6, 6.07) is 7.71. The topological polar surface area (TPSA) is 43.8 Å². The number of benzene rings is 1. The Labute approximate surface area is 130 Å². The lowest BCUT2D eigenvalue weighted by Crippen LogP contribution is -2.52. The van der Waals surface area contributed by atoms with Crippen LogP contribution in [0.25, 0.3) is 0 Å². The number of carbonyl (C=O) groups is 1. The van der Waals surface area contributed by atoms with E-state index in [4.69, 9.17) is 16.7 Å². The van der Waals surface area contributed by atoms with Gasteiger partial charge in [-0.2, -0.15) is 0 Å². The van der Waals surface area contributed by atoms with Gasteiger partial charge in [0.05, 0.1) is 12.0 Å². The van der Waals surface area contributed by atoms with E-state index in [1.165, 1.54) is 0 Å². The fraction of sp³-hybridized carbons (Fsp3) is 0.562. The Morgan fingerprint density at radius 3 is 2.52 bits per heavy atom. The molecule has 21 heavy (non-hydrogen) atoms. The third kappa shape index (κ3) is 2.93. The van der Waals surface area contributed by atoms with E-state index in [9.17, 15) is 4.79 Å². The van der Waals surface area contributed by atoms with Gasteiger partial charge in [-0.15, -0.1) is 0 Å². The molecule has 3 rings (SSSR count). The highest BCUT2D eigenvalue weighted by molar-refractivity contribution is 6.30. The van der Waals surface area contributed by atoms with Crippen molar-refractivity contribution in [2.45, 2.75) is 18.3 Å². The number of halogens is 1. The normalized spacial score (nSPS) is 21.3. The molecule has 0 radical (unpaired) electrons.